The summed E-state index contributed by atoms with van der Waals surface area (Å²) < 4.78 is 0. The summed E-state index contributed by atoms with van der Waals surface area (Å²) >= 11 is 0. The fourth-order valence-corrected chi connectivity index (χ4v) is 5.43. The Morgan fingerprint density at radius 1 is 0.914 bits per heavy atom. The van der Waals surface area contributed by atoms with Gasteiger partial charge in [0.2, 0.25) is 0 Å². The van der Waals surface area contributed by atoms with Crippen molar-refractivity contribution < 1.29 is 14.7 Å². The molecule has 3 aromatic rings. The molecule has 178 valence electrons. The average molecular weight is 466 g/mol. The second kappa shape index (κ2) is 10.0. The summed E-state index contributed by atoms with van der Waals surface area (Å²) in [5.74, 6) is -0.117. The molecule has 1 N–H and O–H groups in total. The average Bonchev–Trinajstić information content (AvgIpc) is 3.11. The molecule has 1 atom stereocenters. The van der Waals surface area contributed by atoms with Crippen LogP contribution in [-0.4, -0.2) is 23.3 Å². The van der Waals surface area contributed by atoms with E-state index in [0.29, 0.717) is 29.3 Å². The minimum absolute atomic E-state index is 0.229. The van der Waals surface area contributed by atoms with Crippen molar-refractivity contribution in [3.63, 3.8) is 0 Å². The summed E-state index contributed by atoms with van der Waals surface area (Å²) in [6.07, 6.45) is 9.81. The van der Waals surface area contributed by atoms with Gasteiger partial charge in [0.05, 0.1) is 12.1 Å². The topological polar surface area (TPSA) is 57.6 Å². The summed E-state index contributed by atoms with van der Waals surface area (Å²) in [4.78, 5) is 28.2. The number of Topliss-reactive ketones (excluding diaryl/α,β-unsaturated/α-hetero) is 1. The number of fused-ring (bicyclic) bond motifs is 1. The minimum Gasteiger partial charge on any atom is -0.375 e. The van der Waals surface area contributed by atoms with Gasteiger partial charge in [-0.3, -0.25) is 9.59 Å². The molecule has 0 bridgehead atoms. The van der Waals surface area contributed by atoms with Gasteiger partial charge in [-0.15, -0.1) is 0 Å². The molecular formula is C31H31NO3. The normalized spacial score (nSPS) is 20.4. The standard InChI is InChI=1S/C31H31NO3/c33-29(26-19-17-25(18-20-26)24-13-5-2-6-14-24)22-31(35)27-15-7-8-16-28(27)32(30(31)34)21-9-12-23-10-3-1-4-11-23/h1,3-4,7-12,15-20,24,35H,2,5-6,13-14,21-22H2/b12-9+/t31-/m1/s1. The van der Waals surface area contributed by atoms with Crippen molar-refractivity contribution in [2.45, 2.75) is 50.0 Å². The summed E-state index contributed by atoms with van der Waals surface area (Å²) in [7, 11) is 0. The molecule has 0 radical (unpaired) electrons. The fourth-order valence-electron chi connectivity index (χ4n) is 5.43. The van der Waals surface area contributed by atoms with Crippen LogP contribution in [0, 0.1) is 0 Å². The predicted molar refractivity (Wildman–Crippen MR) is 139 cm³/mol. The van der Waals surface area contributed by atoms with E-state index in [1.807, 2.05) is 78.9 Å². The highest BCUT2D eigenvalue weighted by Gasteiger charge is 2.50. The van der Waals surface area contributed by atoms with Gasteiger partial charge < -0.3 is 10.0 Å². The molecule has 0 unspecified atom stereocenters. The van der Waals surface area contributed by atoms with Crippen LogP contribution in [0.5, 0.6) is 0 Å². The van der Waals surface area contributed by atoms with Crippen molar-refractivity contribution in [2.75, 3.05) is 11.4 Å². The quantitative estimate of drug-likeness (QED) is 0.419. The molecule has 1 aliphatic heterocycles. The highest BCUT2D eigenvalue weighted by molar-refractivity contribution is 6.11. The number of anilines is 1. The Labute approximate surface area is 206 Å². The number of hydrogen-bond acceptors (Lipinski definition) is 3. The van der Waals surface area contributed by atoms with Crippen LogP contribution < -0.4 is 4.90 Å². The molecule has 4 nitrogen and oxygen atoms in total. The van der Waals surface area contributed by atoms with Gasteiger partial charge in [-0.25, -0.2) is 0 Å². The lowest BCUT2D eigenvalue weighted by molar-refractivity contribution is -0.135. The van der Waals surface area contributed by atoms with E-state index < -0.39 is 11.5 Å². The second-order valence-corrected chi connectivity index (χ2v) is 9.66. The van der Waals surface area contributed by atoms with Gasteiger partial charge in [0, 0.05) is 17.7 Å². The van der Waals surface area contributed by atoms with Crippen LogP contribution in [0.4, 0.5) is 5.69 Å². The van der Waals surface area contributed by atoms with Crippen LogP contribution in [-0.2, 0) is 10.4 Å². The van der Waals surface area contributed by atoms with E-state index in [0.717, 1.165) is 5.56 Å². The lowest BCUT2D eigenvalue weighted by Gasteiger charge is -2.23. The number of carbonyl (C=O) groups excluding carboxylic acids is 2. The molecule has 1 fully saturated rings. The number of rotatable bonds is 7. The SMILES string of the molecule is O=C(C[C@]1(O)C(=O)N(C/C=C/c2ccccc2)c2ccccc21)c1ccc(C2CCCCC2)cc1. The van der Waals surface area contributed by atoms with Crippen molar-refractivity contribution in [1.82, 2.24) is 0 Å². The zero-order valence-electron chi connectivity index (χ0n) is 19.9. The zero-order valence-corrected chi connectivity index (χ0v) is 19.9. The van der Waals surface area contributed by atoms with E-state index in [1.165, 1.54) is 37.7 Å². The number of aliphatic hydroxyl groups is 1. The molecule has 1 saturated carbocycles. The van der Waals surface area contributed by atoms with Crippen molar-refractivity contribution in [3.05, 3.63) is 107 Å². The molecule has 1 amide bonds. The first-order valence-corrected chi connectivity index (χ1v) is 12.5. The van der Waals surface area contributed by atoms with Gasteiger partial charge in [0.25, 0.3) is 5.91 Å². The first-order valence-electron chi connectivity index (χ1n) is 12.5. The van der Waals surface area contributed by atoms with Gasteiger partial charge >= 0.3 is 0 Å². The monoisotopic (exact) mass is 465 g/mol. The first kappa shape index (κ1) is 23.3. The van der Waals surface area contributed by atoms with Crippen LogP contribution in [0.1, 0.15) is 71.5 Å². The maximum atomic E-state index is 13.4. The van der Waals surface area contributed by atoms with Crippen LogP contribution in [0.2, 0.25) is 0 Å². The lowest BCUT2D eigenvalue weighted by atomic mass is 9.83. The second-order valence-electron chi connectivity index (χ2n) is 9.66. The number of carbonyl (C=O) groups is 2. The van der Waals surface area contributed by atoms with Gasteiger partial charge in [-0.1, -0.05) is 104 Å². The molecule has 4 heteroatoms. The molecule has 0 saturated heterocycles. The Bertz CT molecular complexity index is 1230. The van der Waals surface area contributed by atoms with Crippen LogP contribution >= 0.6 is 0 Å². The number of hydrogen-bond donors (Lipinski definition) is 1. The Balaban J connectivity index is 1.33. The van der Waals surface area contributed by atoms with Crippen LogP contribution in [0.25, 0.3) is 6.08 Å². The maximum Gasteiger partial charge on any atom is 0.264 e. The molecule has 3 aromatic carbocycles. The fraction of sp³-hybridized carbons (Fsp3) is 0.290. The molecule has 0 aromatic heterocycles. The summed E-state index contributed by atoms with van der Waals surface area (Å²) in [6, 6.07) is 24.8. The molecule has 0 spiro atoms. The van der Waals surface area contributed by atoms with Crippen molar-refractivity contribution in [3.8, 4) is 0 Å². The zero-order chi connectivity index (χ0) is 24.3. The third kappa shape index (κ3) is 4.71. The Morgan fingerprint density at radius 3 is 2.34 bits per heavy atom. The van der Waals surface area contributed by atoms with E-state index >= 15 is 0 Å². The number of nitrogens with zero attached hydrogens (tertiary/aromatic N) is 1. The van der Waals surface area contributed by atoms with Crippen molar-refractivity contribution in [1.29, 1.82) is 0 Å². The molecule has 5 rings (SSSR count). The predicted octanol–water partition coefficient (Wildman–Crippen LogP) is 6.25. The van der Waals surface area contributed by atoms with E-state index in [-0.39, 0.29) is 12.2 Å². The molecule has 1 aliphatic carbocycles. The summed E-state index contributed by atoms with van der Waals surface area (Å²) in [6.45, 7) is 0.317. The van der Waals surface area contributed by atoms with Gasteiger partial charge in [0.1, 0.15) is 0 Å². The number of para-hydroxylation sites is 1. The van der Waals surface area contributed by atoms with Gasteiger partial charge in [-0.2, -0.15) is 0 Å². The van der Waals surface area contributed by atoms with E-state index in [2.05, 4.69) is 0 Å². The Hall–Kier alpha value is -3.50. The summed E-state index contributed by atoms with van der Waals surface area (Å²) in [5, 5.41) is 11.6. The molecule has 1 heterocycles. The maximum absolute atomic E-state index is 13.4. The first-order chi connectivity index (χ1) is 17.1. The number of benzene rings is 3. The van der Waals surface area contributed by atoms with Crippen LogP contribution in [0.3, 0.4) is 0 Å². The minimum atomic E-state index is -1.86. The third-order valence-electron chi connectivity index (χ3n) is 7.36. The lowest BCUT2D eigenvalue weighted by Crippen LogP contribution is -2.42. The van der Waals surface area contributed by atoms with Gasteiger partial charge in [-0.05, 0) is 36.0 Å². The Kier molecular flexibility index (Phi) is 6.65. The number of ketones is 1. The van der Waals surface area contributed by atoms with E-state index in [1.54, 1.807) is 17.0 Å². The van der Waals surface area contributed by atoms with Crippen molar-refractivity contribution in [2.24, 2.45) is 0 Å². The smallest absolute Gasteiger partial charge is 0.264 e. The number of amides is 1. The van der Waals surface area contributed by atoms with Crippen LogP contribution in [0.15, 0.2) is 84.9 Å². The van der Waals surface area contributed by atoms with Gasteiger partial charge in [0.15, 0.2) is 11.4 Å². The molecule has 2 aliphatic rings. The largest absolute Gasteiger partial charge is 0.375 e. The van der Waals surface area contributed by atoms with E-state index in [9.17, 15) is 14.7 Å². The van der Waals surface area contributed by atoms with Crippen molar-refractivity contribution >= 4 is 23.5 Å². The highest BCUT2D eigenvalue weighted by atomic mass is 16.3. The van der Waals surface area contributed by atoms with E-state index in [4.69, 9.17) is 0 Å². The molecular weight excluding hydrogens is 434 g/mol. The summed E-state index contributed by atoms with van der Waals surface area (Å²) in [5.41, 5.74) is 2.12. The highest BCUT2D eigenvalue weighted by Crippen LogP contribution is 2.43. The third-order valence-corrected chi connectivity index (χ3v) is 7.36. The molecule has 35 heavy (non-hydrogen) atoms. The Morgan fingerprint density at radius 2 is 1.60 bits per heavy atom.